The van der Waals surface area contributed by atoms with Crippen LogP contribution in [0.3, 0.4) is 0 Å². The largest absolute Gasteiger partial charge is 0.468 e. The number of methoxy groups -OCH3 is 2. The molecule has 1 aromatic rings. The van der Waals surface area contributed by atoms with Crippen LogP contribution in [0.5, 0.6) is 0 Å². The molecule has 0 saturated heterocycles. The number of aromatic nitrogens is 1. The lowest BCUT2D eigenvalue weighted by Crippen LogP contribution is -2.29. The molecule has 0 aliphatic carbocycles. The summed E-state index contributed by atoms with van der Waals surface area (Å²) >= 11 is 0. The molecule has 0 amide bonds. The number of rotatable bonds is 3. The van der Waals surface area contributed by atoms with Crippen molar-refractivity contribution in [3.8, 4) is 0 Å². The predicted molar refractivity (Wildman–Crippen MR) is 54.1 cm³/mol. The standard InChI is InChI=1S/C10H11NO5/c1-15-8(12)6-11-5-3-4-7(9(11)13)10(14)16-2/h3-5H,6H2,1-2H3. The molecular formula is C10H11NO5. The van der Waals surface area contributed by atoms with Crippen molar-refractivity contribution in [3.63, 3.8) is 0 Å². The number of hydrogen-bond donors (Lipinski definition) is 0. The summed E-state index contributed by atoms with van der Waals surface area (Å²) in [5, 5.41) is 0. The molecule has 0 radical (unpaired) electrons. The molecular weight excluding hydrogens is 214 g/mol. The Morgan fingerprint density at radius 3 is 2.56 bits per heavy atom. The Balaban J connectivity index is 3.09. The molecule has 0 unspecified atom stereocenters. The van der Waals surface area contributed by atoms with Crippen molar-refractivity contribution in [2.24, 2.45) is 0 Å². The van der Waals surface area contributed by atoms with Crippen LogP contribution in [-0.2, 0) is 20.8 Å². The second-order valence-corrected chi connectivity index (χ2v) is 2.92. The second-order valence-electron chi connectivity index (χ2n) is 2.92. The average Bonchev–Trinajstić information content (AvgIpc) is 2.30. The molecule has 1 aromatic heterocycles. The molecule has 0 aliphatic rings. The van der Waals surface area contributed by atoms with Gasteiger partial charge in [-0.25, -0.2) is 4.79 Å². The minimum absolute atomic E-state index is 0.117. The first-order valence-corrected chi connectivity index (χ1v) is 4.44. The Hall–Kier alpha value is -2.11. The number of carbonyl (C=O) groups excluding carboxylic acids is 2. The van der Waals surface area contributed by atoms with Gasteiger partial charge in [0.25, 0.3) is 5.56 Å². The van der Waals surface area contributed by atoms with Crippen LogP contribution in [-0.4, -0.2) is 30.7 Å². The third kappa shape index (κ3) is 2.47. The first-order chi connectivity index (χ1) is 7.60. The highest BCUT2D eigenvalue weighted by molar-refractivity contribution is 5.88. The van der Waals surface area contributed by atoms with Gasteiger partial charge in [0.05, 0.1) is 14.2 Å². The van der Waals surface area contributed by atoms with E-state index < -0.39 is 17.5 Å². The van der Waals surface area contributed by atoms with Crippen LogP contribution >= 0.6 is 0 Å². The number of pyridine rings is 1. The van der Waals surface area contributed by atoms with Gasteiger partial charge in [-0.2, -0.15) is 0 Å². The molecule has 0 spiro atoms. The maximum atomic E-state index is 11.7. The third-order valence-electron chi connectivity index (χ3n) is 1.95. The summed E-state index contributed by atoms with van der Waals surface area (Å²) in [6.45, 7) is -0.236. The first-order valence-electron chi connectivity index (χ1n) is 4.44. The lowest BCUT2D eigenvalue weighted by molar-refractivity contribution is -0.141. The Morgan fingerprint density at radius 2 is 2.00 bits per heavy atom. The van der Waals surface area contributed by atoms with E-state index in [1.807, 2.05) is 0 Å². The van der Waals surface area contributed by atoms with Crippen molar-refractivity contribution >= 4 is 11.9 Å². The van der Waals surface area contributed by atoms with E-state index in [2.05, 4.69) is 9.47 Å². The van der Waals surface area contributed by atoms with E-state index in [1.54, 1.807) is 0 Å². The quantitative estimate of drug-likeness (QED) is 0.666. The van der Waals surface area contributed by atoms with E-state index in [0.29, 0.717) is 0 Å². The molecule has 0 N–H and O–H groups in total. The monoisotopic (exact) mass is 225 g/mol. The lowest BCUT2D eigenvalue weighted by atomic mass is 10.3. The Bertz CT molecular complexity index is 463. The number of nitrogens with zero attached hydrogens (tertiary/aromatic N) is 1. The maximum Gasteiger partial charge on any atom is 0.343 e. The molecule has 0 aliphatic heterocycles. The summed E-state index contributed by atoms with van der Waals surface area (Å²) in [6.07, 6.45) is 1.39. The summed E-state index contributed by atoms with van der Waals surface area (Å²) < 4.78 is 9.94. The molecule has 1 heterocycles. The van der Waals surface area contributed by atoms with Crippen LogP contribution in [0.25, 0.3) is 0 Å². The molecule has 16 heavy (non-hydrogen) atoms. The Morgan fingerprint density at radius 1 is 1.31 bits per heavy atom. The highest BCUT2D eigenvalue weighted by atomic mass is 16.5. The van der Waals surface area contributed by atoms with Crippen LogP contribution in [0.1, 0.15) is 10.4 Å². The zero-order valence-corrected chi connectivity index (χ0v) is 8.93. The smallest absolute Gasteiger partial charge is 0.343 e. The fourth-order valence-corrected chi connectivity index (χ4v) is 1.13. The highest BCUT2D eigenvalue weighted by Gasteiger charge is 2.13. The number of esters is 2. The van der Waals surface area contributed by atoms with Gasteiger partial charge >= 0.3 is 11.9 Å². The molecule has 6 nitrogen and oxygen atoms in total. The van der Waals surface area contributed by atoms with Crippen molar-refractivity contribution in [1.82, 2.24) is 4.57 Å². The van der Waals surface area contributed by atoms with Crippen molar-refractivity contribution in [2.75, 3.05) is 14.2 Å². The van der Waals surface area contributed by atoms with E-state index in [1.165, 1.54) is 32.5 Å². The van der Waals surface area contributed by atoms with E-state index in [0.717, 1.165) is 4.57 Å². The normalized spacial score (nSPS) is 9.62. The molecule has 0 aromatic carbocycles. The van der Waals surface area contributed by atoms with Crippen LogP contribution in [0.2, 0.25) is 0 Å². The number of ether oxygens (including phenoxy) is 2. The molecule has 0 atom stereocenters. The van der Waals surface area contributed by atoms with Gasteiger partial charge in [0.1, 0.15) is 12.1 Å². The van der Waals surface area contributed by atoms with E-state index in [9.17, 15) is 14.4 Å². The molecule has 1 rings (SSSR count). The lowest BCUT2D eigenvalue weighted by Gasteiger charge is -2.05. The summed E-state index contributed by atoms with van der Waals surface area (Å²) in [4.78, 5) is 33.9. The summed E-state index contributed by atoms with van der Waals surface area (Å²) in [7, 11) is 2.40. The SMILES string of the molecule is COC(=O)Cn1cccc(C(=O)OC)c1=O. The van der Waals surface area contributed by atoms with Gasteiger partial charge in [-0.3, -0.25) is 9.59 Å². The fraction of sp³-hybridized carbons (Fsp3) is 0.300. The minimum atomic E-state index is -0.732. The van der Waals surface area contributed by atoms with E-state index >= 15 is 0 Å². The summed E-state index contributed by atoms with van der Waals surface area (Å²) in [5.41, 5.74) is -0.700. The van der Waals surface area contributed by atoms with Gasteiger partial charge in [-0.05, 0) is 12.1 Å². The Labute approximate surface area is 91.4 Å². The summed E-state index contributed by atoms with van der Waals surface area (Å²) in [5.74, 6) is -1.30. The Kier molecular flexibility index (Phi) is 3.82. The van der Waals surface area contributed by atoms with Gasteiger partial charge in [0.15, 0.2) is 0 Å². The van der Waals surface area contributed by atoms with E-state index in [4.69, 9.17) is 0 Å². The number of carbonyl (C=O) groups is 2. The molecule has 0 fully saturated rings. The fourth-order valence-electron chi connectivity index (χ4n) is 1.13. The highest BCUT2D eigenvalue weighted by Crippen LogP contribution is 1.95. The van der Waals surface area contributed by atoms with Gasteiger partial charge < -0.3 is 14.0 Å². The van der Waals surface area contributed by atoms with E-state index in [-0.39, 0.29) is 12.1 Å². The molecule has 0 saturated carbocycles. The minimum Gasteiger partial charge on any atom is -0.468 e. The van der Waals surface area contributed by atoms with Crippen LogP contribution in [0, 0.1) is 0 Å². The van der Waals surface area contributed by atoms with Crippen LogP contribution in [0.4, 0.5) is 0 Å². The number of hydrogen-bond acceptors (Lipinski definition) is 5. The second kappa shape index (κ2) is 5.11. The van der Waals surface area contributed by atoms with Crippen molar-refractivity contribution in [3.05, 3.63) is 34.2 Å². The molecule has 86 valence electrons. The van der Waals surface area contributed by atoms with Gasteiger partial charge in [0, 0.05) is 6.20 Å². The maximum absolute atomic E-state index is 11.7. The average molecular weight is 225 g/mol. The zero-order chi connectivity index (χ0) is 12.1. The first kappa shape index (κ1) is 12.0. The predicted octanol–water partition coefficient (Wildman–Crippen LogP) is -0.192. The molecule has 6 heteroatoms. The van der Waals surface area contributed by atoms with Crippen LogP contribution in [0.15, 0.2) is 23.1 Å². The van der Waals surface area contributed by atoms with Gasteiger partial charge in [0.2, 0.25) is 0 Å². The van der Waals surface area contributed by atoms with Crippen LogP contribution < -0.4 is 5.56 Å². The van der Waals surface area contributed by atoms with Crippen molar-refractivity contribution in [1.29, 1.82) is 0 Å². The zero-order valence-electron chi connectivity index (χ0n) is 8.93. The summed E-state index contributed by atoms with van der Waals surface area (Å²) in [6, 6.07) is 2.82. The third-order valence-corrected chi connectivity index (χ3v) is 1.95. The van der Waals surface area contributed by atoms with Gasteiger partial charge in [-0.15, -0.1) is 0 Å². The van der Waals surface area contributed by atoms with Crippen molar-refractivity contribution in [2.45, 2.75) is 6.54 Å². The topological polar surface area (TPSA) is 74.6 Å². The van der Waals surface area contributed by atoms with Crippen molar-refractivity contribution < 1.29 is 19.1 Å². The molecule has 0 bridgehead atoms. The van der Waals surface area contributed by atoms with Gasteiger partial charge in [-0.1, -0.05) is 0 Å².